The van der Waals surface area contributed by atoms with Gasteiger partial charge in [0.2, 0.25) is 0 Å². The molecule has 0 radical (unpaired) electrons. The van der Waals surface area contributed by atoms with E-state index in [-0.39, 0.29) is 12.6 Å². The Morgan fingerprint density at radius 2 is 2.35 bits per heavy atom. The Kier molecular flexibility index (Phi) is 5.17. The lowest BCUT2D eigenvalue weighted by Crippen LogP contribution is -2.43. The first-order valence-electron chi connectivity index (χ1n) is 5.02. The molecule has 17 heavy (non-hydrogen) atoms. The molecule has 1 aromatic heterocycles. The van der Waals surface area contributed by atoms with Crippen molar-refractivity contribution in [3.05, 3.63) is 33.5 Å². The Morgan fingerprint density at radius 3 is 2.88 bits per heavy atom. The molecule has 0 aromatic carbocycles. The van der Waals surface area contributed by atoms with Gasteiger partial charge in [0.15, 0.2) is 0 Å². The van der Waals surface area contributed by atoms with Gasteiger partial charge in [0.25, 0.3) is 0 Å². The molecule has 1 unspecified atom stereocenters. The molecule has 1 aromatic rings. The molecule has 0 bridgehead atoms. The Labute approximate surface area is 113 Å². The molecule has 1 heterocycles. The number of amides is 2. The Hall–Kier alpha value is -0.850. The third-order valence-electron chi connectivity index (χ3n) is 2.18. The standard InChI is InChI=1S/C11H15BrN2O2S/c1-8(12)5-13-10(15)14-7-11(2,16)9-3-4-17-6-9/h3-4,6,16H,1,5,7H2,2H3,(H2,13,14,15). The normalized spacial score (nSPS) is 13.8. The zero-order valence-electron chi connectivity index (χ0n) is 9.50. The highest BCUT2D eigenvalue weighted by Crippen LogP contribution is 2.21. The van der Waals surface area contributed by atoms with Gasteiger partial charge < -0.3 is 15.7 Å². The summed E-state index contributed by atoms with van der Waals surface area (Å²) in [5.41, 5.74) is -0.254. The number of hydrogen-bond acceptors (Lipinski definition) is 3. The van der Waals surface area contributed by atoms with E-state index in [2.05, 4.69) is 33.1 Å². The van der Waals surface area contributed by atoms with Crippen molar-refractivity contribution in [2.75, 3.05) is 13.1 Å². The van der Waals surface area contributed by atoms with E-state index in [0.717, 1.165) is 5.56 Å². The third kappa shape index (κ3) is 4.89. The van der Waals surface area contributed by atoms with Gasteiger partial charge in [-0.15, -0.1) is 0 Å². The van der Waals surface area contributed by atoms with Crippen molar-refractivity contribution in [3.63, 3.8) is 0 Å². The maximum absolute atomic E-state index is 11.4. The van der Waals surface area contributed by atoms with Crippen molar-refractivity contribution in [2.24, 2.45) is 0 Å². The predicted octanol–water partition coefficient (Wildman–Crippen LogP) is 2.16. The summed E-state index contributed by atoms with van der Waals surface area (Å²) in [5, 5.41) is 19.1. The fourth-order valence-corrected chi connectivity index (χ4v) is 2.09. The lowest BCUT2D eigenvalue weighted by Gasteiger charge is -2.22. The second kappa shape index (κ2) is 6.18. The van der Waals surface area contributed by atoms with Crippen LogP contribution in [0.2, 0.25) is 0 Å². The van der Waals surface area contributed by atoms with Crippen LogP contribution in [0.25, 0.3) is 0 Å². The van der Waals surface area contributed by atoms with Crippen LogP contribution >= 0.6 is 27.3 Å². The molecule has 0 aliphatic carbocycles. The number of halogens is 1. The van der Waals surface area contributed by atoms with Crippen LogP contribution in [-0.4, -0.2) is 24.2 Å². The number of urea groups is 1. The van der Waals surface area contributed by atoms with Gasteiger partial charge in [-0.25, -0.2) is 4.79 Å². The summed E-state index contributed by atoms with van der Waals surface area (Å²) in [5.74, 6) is 0. The summed E-state index contributed by atoms with van der Waals surface area (Å²) >= 11 is 4.65. The maximum atomic E-state index is 11.4. The SMILES string of the molecule is C=C(Br)CNC(=O)NCC(C)(O)c1ccsc1. The summed E-state index contributed by atoms with van der Waals surface area (Å²) in [7, 11) is 0. The van der Waals surface area contributed by atoms with E-state index in [4.69, 9.17) is 0 Å². The second-order valence-corrected chi connectivity index (χ2v) is 5.74. The highest BCUT2D eigenvalue weighted by molar-refractivity contribution is 9.11. The zero-order valence-corrected chi connectivity index (χ0v) is 11.9. The van der Waals surface area contributed by atoms with Crippen LogP contribution in [0, 0.1) is 0 Å². The highest BCUT2D eigenvalue weighted by Gasteiger charge is 2.23. The first-order chi connectivity index (χ1) is 7.92. The molecule has 94 valence electrons. The molecular formula is C11H15BrN2O2S. The Bertz CT molecular complexity index is 390. The van der Waals surface area contributed by atoms with Gasteiger partial charge in [0.1, 0.15) is 5.60 Å². The molecule has 0 fully saturated rings. The van der Waals surface area contributed by atoms with Gasteiger partial charge >= 0.3 is 6.03 Å². The van der Waals surface area contributed by atoms with Crippen LogP contribution in [0.1, 0.15) is 12.5 Å². The average molecular weight is 319 g/mol. The highest BCUT2D eigenvalue weighted by atomic mass is 79.9. The van der Waals surface area contributed by atoms with Crippen LogP contribution in [0.4, 0.5) is 4.79 Å². The van der Waals surface area contributed by atoms with Crippen molar-refractivity contribution < 1.29 is 9.90 Å². The lowest BCUT2D eigenvalue weighted by atomic mass is 9.99. The molecule has 1 rings (SSSR count). The summed E-state index contributed by atoms with van der Waals surface area (Å²) < 4.78 is 0.692. The summed E-state index contributed by atoms with van der Waals surface area (Å²) in [6, 6.07) is 1.51. The quantitative estimate of drug-likeness (QED) is 0.779. The molecule has 1 atom stereocenters. The van der Waals surface area contributed by atoms with Gasteiger partial charge in [-0.3, -0.25) is 0 Å². The minimum Gasteiger partial charge on any atom is -0.384 e. The van der Waals surface area contributed by atoms with Crippen LogP contribution in [-0.2, 0) is 5.60 Å². The van der Waals surface area contributed by atoms with Crippen molar-refractivity contribution in [1.82, 2.24) is 10.6 Å². The smallest absolute Gasteiger partial charge is 0.315 e. The van der Waals surface area contributed by atoms with E-state index < -0.39 is 5.60 Å². The first kappa shape index (κ1) is 14.2. The maximum Gasteiger partial charge on any atom is 0.315 e. The minimum absolute atomic E-state index is 0.157. The molecule has 3 N–H and O–H groups in total. The van der Waals surface area contributed by atoms with E-state index in [1.807, 2.05) is 16.8 Å². The minimum atomic E-state index is -1.05. The average Bonchev–Trinajstić information content (AvgIpc) is 2.77. The Morgan fingerprint density at radius 1 is 1.65 bits per heavy atom. The lowest BCUT2D eigenvalue weighted by molar-refractivity contribution is 0.0599. The van der Waals surface area contributed by atoms with Gasteiger partial charge in [-0.2, -0.15) is 11.3 Å². The van der Waals surface area contributed by atoms with E-state index in [1.54, 1.807) is 6.92 Å². The molecule has 0 saturated heterocycles. The molecule has 0 saturated carbocycles. The molecule has 6 heteroatoms. The molecule has 0 aliphatic rings. The molecule has 0 spiro atoms. The molecule has 4 nitrogen and oxygen atoms in total. The fourth-order valence-electron chi connectivity index (χ4n) is 1.16. The molecule has 0 aliphatic heterocycles. The Balaban J connectivity index is 2.40. The zero-order chi connectivity index (χ0) is 12.9. The second-order valence-electron chi connectivity index (χ2n) is 3.84. The topological polar surface area (TPSA) is 61.4 Å². The number of rotatable bonds is 5. The van der Waals surface area contributed by atoms with Gasteiger partial charge in [-0.1, -0.05) is 22.5 Å². The van der Waals surface area contributed by atoms with Crippen molar-refractivity contribution >= 4 is 33.3 Å². The number of carbonyl (C=O) groups is 1. The van der Waals surface area contributed by atoms with Crippen LogP contribution < -0.4 is 10.6 Å². The molecular weight excluding hydrogens is 304 g/mol. The number of nitrogens with one attached hydrogen (secondary N) is 2. The number of hydrogen-bond donors (Lipinski definition) is 3. The van der Waals surface area contributed by atoms with Gasteiger partial charge in [-0.05, 0) is 29.3 Å². The predicted molar refractivity (Wildman–Crippen MR) is 73.4 cm³/mol. The number of thiophene rings is 1. The van der Waals surface area contributed by atoms with Crippen LogP contribution in [0.5, 0.6) is 0 Å². The summed E-state index contributed by atoms with van der Waals surface area (Å²) in [6.07, 6.45) is 0. The van der Waals surface area contributed by atoms with E-state index in [0.29, 0.717) is 11.0 Å². The van der Waals surface area contributed by atoms with Crippen molar-refractivity contribution in [3.8, 4) is 0 Å². The number of aliphatic hydroxyl groups is 1. The van der Waals surface area contributed by atoms with Crippen molar-refractivity contribution in [2.45, 2.75) is 12.5 Å². The van der Waals surface area contributed by atoms with E-state index in [1.165, 1.54) is 11.3 Å². The monoisotopic (exact) mass is 318 g/mol. The summed E-state index contributed by atoms with van der Waals surface area (Å²) in [4.78, 5) is 11.4. The first-order valence-corrected chi connectivity index (χ1v) is 6.75. The van der Waals surface area contributed by atoms with Crippen LogP contribution in [0.15, 0.2) is 27.9 Å². The van der Waals surface area contributed by atoms with E-state index in [9.17, 15) is 9.90 Å². The largest absolute Gasteiger partial charge is 0.384 e. The number of carbonyl (C=O) groups excluding carboxylic acids is 1. The van der Waals surface area contributed by atoms with Crippen LogP contribution in [0.3, 0.4) is 0 Å². The van der Waals surface area contributed by atoms with E-state index >= 15 is 0 Å². The summed E-state index contributed by atoms with van der Waals surface area (Å²) in [6.45, 7) is 5.78. The van der Waals surface area contributed by atoms with Crippen molar-refractivity contribution in [1.29, 1.82) is 0 Å². The third-order valence-corrected chi connectivity index (χ3v) is 3.14. The molecule has 2 amide bonds. The van der Waals surface area contributed by atoms with Gasteiger partial charge in [0, 0.05) is 4.48 Å². The fraction of sp³-hybridized carbons (Fsp3) is 0.364. The van der Waals surface area contributed by atoms with Gasteiger partial charge in [0.05, 0.1) is 13.1 Å².